The quantitative estimate of drug-likeness (QED) is 0.163. The number of rotatable bonds is 3. The molecule has 0 atom stereocenters. The molecule has 1 aliphatic carbocycles. The lowest BCUT2D eigenvalue weighted by molar-refractivity contribution is 0.590. The molecular weight excluding hydrogens is 836 g/mol. The van der Waals surface area contributed by atoms with Gasteiger partial charge in [-0.2, -0.15) is 0 Å². The van der Waals surface area contributed by atoms with Crippen molar-refractivity contribution in [1.82, 2.24) is 0 Å². The van der Waals surface area contributed by atoms with E-state index in [4.69, 9.17) is 0 Å². The van der Waals surface area contributed by atoms with Crippen LogP contribution in [-0.2, 0) is 16.2 Å². The van der Waals surface area contributed by atoms with E-state index in [2.05, 4.69) is 229 Å². The van der Waals surface area contributed by atoms with Crippen molar-refractivity contribution in [2.24, 2.45) is 0 Å². The number of anilines is 5. The normalized spacial score (nSPS) is 14.7. The lowest BCUT2D eigenvalue weighted by atomic mass is 9.46. The van der Waals surface area contributed by atoms with Crippen LogP contribution in [0, 0.1) is 0 Å². The topological polar surface area (TPSA) is 6.48 Å². The number of benzene rings is 8. The Morgan fingerprint density at radius 1 is 0.470 bits per heavy atom. The van der Waals surface area contributed by atoms with Crippen molar-refractivity contribution in [3.05, 3.63) is 186 Å². The summed E-state index contributed by atoms with van der Waals surface area (Å²) in [6.45, 7) is 18.7. The van der Waals surface area contributed by atoms with Crippen LogP contribution in [0.25, 0.3) is 63.6 Å². The molecule has 0 N–H and O–H groups in total. The van der Waals surface area contributed by atoms with Crippen molar-refractivity contribution >= 4 is 98.5 Å². The van der Waals surface area contributed by atoms with Crippen LogP contribution in [0.4, 0.5) is 28.4 Å². The molecule has 2 aromatic heterocycles. The van der Waals surface area contributed by atoms with Gasteiger partial charge in [0.15, 0.2) is 0 Å². The van der Waals surface area contributed by atoms with Crippen LogP contribution < -0.4 is 20.0 Å². The first kappa shape index (κ1) is 39.9. The second kappa shape index (κ2) is 13.8. The summed E-state index contributed by atoms with van der Waals surface area (Å²) in [6, 6.07) is 63.0. The number of fused-ring (bicyclic) bond motifs is 13. The summed E-state index contributed by atoms with van der Waals surface area (Å²) in [5.74, 6) is 0. The van der Waals surface area contributed by atoms with Crippen molar-refractivity contribution in [3.63, 3.8) is 0 Å². The molecule has 8 aromatic carbocycles. The van der Waals surface area contributed by atoms with E-state index < -0.39 is 0 Å². The Kier molecular flexibility index (Phi) is 8.36. The lowest BCUT2D eigenvalue weighted by Crippen LogP contribution is -2.61. The van der Waals surface area contributed by atoms with Gasteiger partial charge >= 0.3 is 6.85 Å². The molecule has 3 aliphatic rings. The lowest BCUT2D eigenvalue weighted by Gasteiger charge is -2.46. The monoisotopic (exact) mass is 886 g/mol. The van der Waals surface area contributed by atoms with Gasteiger partial charge in [-0.05, 0) is 127 Å². The Balaban J connectivity index is 1.21. The first-order valence-corrected chi connectivity index (χ1v) is 25.1. The molecule has 320 valence electrons. The Bertz CT molecular complexity index is 3640. The van der Waals surface area contributed by atoms with E-state index >= 15 is 0 Å². The summed E-state index contributed by atoms with van der Waals surface area (Å²) in [5.41, 5.74) is 20.7. The van der Waals surface area contributed by atoms with Gasteiger partial charge in [-0.15, -0.1) is 22.7 Å². The van der Waals surface area contributed by atoms with Crippen molar-refractivity contribution in [1.29, 1.82) is 0 Å². The van der Waals surface area contributed by atoms with Gasteiger partial charge in [-0.1, -0.05) is 159 Å². The molecule has 66 heavy (non-hydrogen) atoms. The van der Waals surface area contributed by atoms with Gasteiger partial charge in [0.05, 0.1) is 5.69 Å². The highest BCUT2D eigenvalue weighted by Crippen LogP contribution is 2.59. The Hall–Kier alpha value is -6.40. The van der Waals surface area contributed by atoms with E-state index in [1.54, 1.807) is 0 Å². The zero-order valence-electron chi connectivity index (χ0n) is 38.9. The zero-order chi connectivity index (χ0) is 45.0. The van der Waals surface area contributed by atoms with E-state index in [-0.39, 0.29) is 23.1 Å². The molecular formula is C61H51BN2S2. The van der Waals surface area contributed by atoms with Crippen LogP contribution in [0.2, 0.25) is 0 Å². The van der Waals surface area contributed by atoms with Crippen LogP contribution in [0.5, 0.6) is 0 Å². The molecule has 5 heteroatoms. The Labute approximate surface area is 396 Å². The highest BCUT2D eigenvalue weighted by molar-refractivity contribution is 7.32. The molecule has 0 spiro atoms. The smallest absolute Gasteiger partial charge is 0.343 e. The van der Waals surface area contributed by atoms with Crippen LogP contribution in [0.15, 0.2) is 164 Å². The van der Waals surface area contributed by atoms with Crippen LogP contribution in [-0.4, -0.2) is 6.85 Å². The van der Waals surface area contributed by atoms with Crippen molar-refractivity contribution in [2.75, 3.05) is 9.71 Å². The standard InChI is InChI=1S/C61H51BN2S2/c1-59(2,3)38-23-27-40(28-24-38)63-56-48-32-37(36-16-10-9-11-17-36)22-31-52(48)66-58(56)62-55-47(34-46-42-18-12-14-20-49(42)61(7,8)54(46)57(55)63)44-33-45-43-19-13-15-21-51(43)65-53(45)35-50(44)64(62)41-29-25-39(26-30-41)60(4,5)6/h9-35H,1-8H3. The van der Waals surface area contributed by atoms with Crippen molar-refractivity contribution in [2.45, 2.75) is 71.6 Å². The van der Waals surface area contributed by atoms with E-state index in [1.807, 2.05) is 22.7 Å². The maximum Gasteiger partial charge on any atom is 0.343 e. The molecule has 0 amide bonds. The zero-order valence-corrected chi connectivity index (χ0v) is 40.5. The molecule has 0 radical (unpaired) electrons. The summed E-state index contributed by atoms with van der Waals surface area (Å²) in [7, 11) is 0. The van der Waals surface area contributed by atoms with E-state index in [1.165, 1.54) is 125 Å². The summed E-state index contributed by atoms with van der Waals surface area (Å²) < 4.78 is 5.33. The predicted octanol–water partition coefficient (Wildman–Crippen LogP) is 16.5. The number of hydrogen-bond acceptors (Lipinski definition) is 4. The third-order valence-electron chi connectivity index (χ3n) is 14.9. The summed E-state index contributed by atoms with van der Waals surface area (Å²) >= 11 is 3.89. The fourth-order valence-corrected chi connectivity index (χ4v) is 14.0. The van der Waals surface area contributed by atoms with Crippen LogP contribution in [0.3, 0.4) is 0 Å². The minimum absolute atomic E-state index is 0.0249. The third-order valence-corrected chi connectivity index (χ3v) is 17.3. The summed E-state index contributed by atoms with van der Waals surface area (Å²) in [6.07, 6.45) is 0. The Morgan fingerprint density at radius 2 is 1.12 bits per heavy atom. The van der Waals surface area contributed by atoms with Crippen LogP contribution in [0.1, 0.15) is 77.6 Å². The fourth-order valence-electron chi connectivity index (χ4n) is 11.6. The molecule has 2 nitrogen and oxygen atoms in total. The van der Waals surface area contributed by atoms with Crippen molar-refractivity contribution < 1.29 is 0 Å². The molecule has 13 rings (SSSR count). The Morgan fingerprint density at radius 3 is 1.85 bits per heavy atom. The third kappa shape index (κ3) is 5.66. The van der Waals surface area contributed by atoms with E-state index in [0.29, 0.717) is 0 Å². The molecule has 0 fully saturated rings. The largest absolute Gasteiger partial charge is 0.376 e. The molecule has 4 heterocycles. The van der Waals surface area contributed by atoms with Gasteiger partial charge in [0, 0.05) is 68.8 Å². The van der Waals surface area contributed by atoms with Crippen LogP contribution >= 0.6 is 22.7 Å². The second-order valence-corrected chi connectivity index (χ2v) is 23.5. The van der Waals surface area contributed by atoms with E-state index in [0.717, 1.165) is 0 Å². The molecule has 10 aromatic rings. The number of hydrogen-bond donors (Lipinski definition) is 0. The van der Waals surface area contributed by atoms with Crippen molar-refractivity contribution in [3.8, 4) is 33.4 Å². The molecule has 0 saturated carbocycles. The number of nitrogens with zero attached hydrogens (tertiary/aromatic N) is 2. The average Bonchev–Trinajstić information content (AvgIpc) is 3.95. The minimum atomic E-state index is -0.268. The van der Waals surface area contributed by atoms with Gasteiger partial charge < -0.3 is 9.71 Å². The molecule has 2 aliphatic heterocycles. The SMILES string of the molecule is CC(C)(C)c1ccc(N2B3c4sc5ccc(-c6ccccc6)cc5c4N(c4ccc(C(C)(C)C)cc4)c4c3c(cc3c4C(C)(C)c4ccccc4-3)-c3cc4c(cc32)sc2ccccc24)cc1. The molecule has 0 unspecified atom stereocenters. The predicted molar refractivity (Wildman–Crippen MR) is 289 cm³/mol. The maximum atomic E-state index is 2.73. The highest BCUT2D eigenvalue weighted by Gasteiger charge is 2.51. The second-order valence-electron chi connectivity index (χ2n) is 21.3. The summed E-state index contributed by atoms with van der Waals surface area (Å²) in [5, 5.41) is 3.95. The van der Waals surface area contributed by atoms with Gasteiger partial charge in [0.1, 0.15) is 0 Å². The average molecular weight is 887 g/mol. The molecule has 0 saturated heterocycles. The first-order chi connectivity index (χ1) is 31.8. The first-order valence-electron chi connectivity index (χ1n) is 23.4. The fraction of sp³-hybridized carbons (Fsp3) is 0.180. The molecule has 0 bridgehead atoms. The van der Waals surface area contributed by atoms with Gasteiger partial charge in [-0.3, -0.25) is 0 Å². The van der Waals surface area contributed by atoms with E-state index in [9.17, 15) is 0 Å². The number of thiophene rings is 2. The van der Waals surface area contributed by atoms with Gasteiger partial charge in [0.25, 0.3) is 0 Å². The maximum absolute atomic E-state index is 2.73. The summed E-state index contributed by atoms with van der Waals surface area (Å²) in [4.78, 5) is 5.44. The minimum Gasteiger partial charge on any atom is -0.376 e. The highest BCUT2D eigenvalue weighted by atomic mass is 32.1. The van der Waals surface area contributed by atoms with Gasteiger partial charge in [-0.25, -0.2) is 0 Å². The van der Waals surface area contributed by atoms with Gasteiger partial charge in [0.2, 0.25) is 0 Å².